The Morgan fingerprint density at radius 2 is 2.14 bits per heavy atom. The van der Waals surface area contributed by atoms with Gasteiger partial charge >= 0.3 is 0 Å². The van der Waals surface area contributed by atoms with Gasteiger partial charge in [0.2, 0.25) is 0 Å². The predicted molar refractivity (Wildman–Crippen MR) is 79.1 cm³/mol. The third-order valence-electron chi connectivity index (χ3n) is 5.97. The van der Waals surface area contributed by atoms with Gasteiger partial charge in [0.1, 0.15) is 11.9 Å². The van der Waals surface area contributed by atoms with Crippen molar-refractivity contribution >= 4 is 5.78 Å². The Kier molecular flexibility index (Phi) is 2.62. The highest BCUT2D eigenvalue weighted by Crippen LogP contribution is 2.58. The van der Waals surface area contributed by atoms with E-state index in [1.54, 1.807) is 6.07 Å². The molecule has 110 valence electrons. The highest BCUT2D eigenvalue weighted by atomic mass is 16.3. The van der Waals surface area contributed by atoms with Gasteiger partial charge in [-0.15, -0.1) is 0 Å². The van der Waals surface area contributed by atoms with Crippen LogP contribution in [-0.4, -0.2) is 22.1 Å². The predicted octanol–water partition coefficient (Wildman–Crippen LogP) is 2.71. The Hall–Kier alpha value is -1.61. The van der Waals surface area contributed by atoms with Crippen LogP contribution in [0.25, 0.3) is 0 Å². The molecule has 4 unspecified atom stereocenters. The molecular formula is C18H20O3. The van der Waals surface area contributed by atoms with E-state index in [1.165, 1.54) is 16.7 Å². The maximum absolute atomic E-state index is 12.0. The molecule has 4 rings (SSSR count). The summed E-state index contributed by atoms with van der Waals surface area (Å²) >= 11 is 0. The van der Waals surface area contributed by atoms with Crippen LogP contribution in [0.4, 0.5) is 0 Å². The van der Waals surface area contributed by atoms with E-state index in [2.05, 4.69) is 13.0 Å². The fourth-order valence-corrected chi connectivity index (χ4v) is 4.73. The van der Waals surface area contributed by atoms with E-state index in [9.17, 15) is 15.0 Å². The summed E-state index contributed by atoms with van der Waals surface area (Å²) in [7, 11) is 0. The van der Waals surface area contributed by atoms with Gasteiger partial charge in [-0.05, 0) is 48.4 Å². The molecule has 0 aromatic heterocycles. The van der Waals surface area contributed by atoms with Gasteiger partial charge in [-0.1, -0.05) is 24.6 Å². The molecule has 3 nitrogen and oxygen atoms in total. The molecule has 3 aliphatic rings. The lowest BCUT2D eigenvalue weighted by atomic mass is 9.59. The zero-order valence-electron chi connectivity index (χ0n) is 12.2. The highest BCUT2D eigenvalue weighted by Gasteiger charge is 2.55. The molecule has 4 atom stereocenters. The topological polar surface area (TPSA) is 57.5 Å². The van der Waals surface area contributed by atoms with Crippen molar-refractivity contribution in [3.05, 3.63) is 41.0 Å². The Bertz CT molecular complexity index is 660. The lowest BCUT2D eigenvalue weighted by Gasteiger charge is -2.45. The van der Waals surface area contributed by atoms with Crippen molar-refractivity contribution in [2.75, 3.05) is 0 Å². The summed E-state index contributed by atoms with van der Waals surface area (Å²) in [6.07, 6.45) is 4.58. The van der Waals surface area contributed by atoms with E-state index in [0.29, 0.717) is 18.1 Å². The Balaban J connectivity index is 1.77. The van der Waals surface area contributed by atoms with Crippen LogP contribution in [0.5, 0.6) is 5.75 Å². The fraction of sp³-hybridized carbons (Fsp3) is 0.500. The van der Waals surface area contributed by atoms with Crippen LogP contribution in [0.15, 0.2) is 29.8 Å². The summed E-state index contributed by atoms with van der Waals surface area (Å²) in [5, 5.41) is 19.9. The number of fused-ring (bicyclic) bond motifs is 5. The monoisotopic (exact) mass is 284 g/mol. The molecular weight excluding hydrogens is 264 g/mol. The van der Waals surface area contributed by atoms with Crippen molar-refractivity contribution < 1.29 is 15.0 Å². The van der Waals surface area contributed by atoms with Crippen LogP contribution < -0.4 is 0 Å². The zero-order valence-corrected chi connectivity index (χ0v) is 12.2. The normalized spacial score (nSPS) is 37.5. The molecule has 0 spiro atoms. The summed E-state index contributed by atoms with van der Waals surface area (Å²) < 4.78 is 0. The molecule has 0 bridgehead atoms. The number of hydrogen-bond donors (Lipinski definition) is 2. The number of benzene rings is 1. The molecule has 1 aromatic rings. The molecule has 3 aliphatic carbocycles. The van der Waals surface area contributed by atoms with E-state index in [0.717, 1.165) is 19.3 Å². The number of allylic oxidation sites excluding steroid dienone is 2. The largest absolute Gasteiger partial charge is 0.508 e. The van der Waals surface area contributed by atoms with Crippen LogP contribution in [0.3, 0.4) is 0 Å². The molecule has 0 saturated heterocycles. The van der Waals surface area contributed by atoms with Gasteiger partial charge in [-0.2, -0.15) is 0 Å². The number of rotatable bonds is 0. The van der Waals surface area contributed by atoms with Crippen LogP contribution in [0, 0.1) is 11.3 Å². The standard InChI is InChI=1S/C18H20O3/c1-18-7-6-13-12-5-3-11(19)8-10(12)2-4-14(13)15(18)9-16(20)17(18)21/h3-5,8,13,15,17,19,21H,2,6-7,9H2,1H3. The Morgan fingerprint density at radius 3 is 2.95 bits per heavy atom. The summed E-state index contributed by atoms with van der Waals surface area (Å²) in [5.74, 6) is 0.851. The van der Waals surface area contributed by atoms with Gasteiger partial charge in [0.15, 0.2) is 5.78 Å². The number of carbonyl (C=O) groups excluding carboxylic acids is 1. The van der Waals surface area contributed by atoms with E-state index in [1.807, 2.05) is 12.1 Å². The molecule has 3 heteroatoms. The second kappa shape index (κ2) is 4.20. The van der Waals surface area contributed by atoms with Crippen molar-refractivity contribution in [3.63, 3.8) is 0 Å². The first kappa shape index (κ1) is 13.1. The average Bonchev–Trinajstić information content (AvgIpc) is 2.70. The van der Waals surface area contributed by atoms with Gasteiger partial charge in [-0.3, -0.25) is 4.79 Å². The van der Waals surface area contributed by atoms with Crippen LogP contribution >= 0.6 is 0 Å². The zero-order chi connectivity index (χ0) is 14.8. The molecule has 0 aliphatic heterocycles. The lowest BCUT2D eigenvalue weighted by molar-refractivity contribution is -0.127. The second-order valence-electron chi connectivity index (χ2n) is 7.01. The van der Waals surface area contributed by atoms with Gasteiger partial charge in [-0.25, -0.2) is 0 Å². The molecule has 2 saturated carbocycles. The summed E-state index contributed by atoms with van der Waals surface area (Å²) in [5.41, 5.74) is 3.54. The number of aliphatic hydroxyl groups is 1. The van der Waals surface area contributed by atoms with Crippen molar-refractivity contribution in [3.8, 4) is 5.75 Å². The fourth-order valence-electron chi connectivity index (χ4n) is 4.73. The van der Waals surface area contributed by atoms with Crippen molar-refractivity contribution in [1.82, 2.24) is 0 Å². The summed E-state index contributed by atoms with van der Waals surface area (Å²) in [6.45, 7) is 2.07. The molecule has 21 heavy (non-hydrogen) atoms. The van der Waals surface area contributed by atoms with E-state index < -0.39 is 6.10 Å². The van der Waals surface area contributed by atoms with E-state index >= 15 is 0 Å². The van der Waals surface area contributed by atoms with Crippen molar-refractivity contribution in [2.45, 2.75) is 44.6 Å². The van der Waals surface area contributed by atoms with Crippen molar-refractivity contribution in [2.24, 2.45) is 11.3 Å². The maximum Gasteiger partial charge on any atom is 0.162 e. The first-order valence-corrected chi connectivity index (χ1v) is 7.73. The van der Waals surface area contributed by atoms with Gasteiger partial charge < -0.3 is 10.2 Å². The number of Topliss-reactive ketones (excluding diaryl/α,β-unsaturated/α-hetero) is 1. The summed E-state index contributed by atoms with van der Waals surface area (Å²) in [4.78, 5) is 12.0. The second-order valence-corrected chi connectivity index (χ2v) is 7.01. The van der Waals surface area contributed by atoms with E-state index in [4.69, 9.17) is 0 Å². The molecule has 0 radical (unpaired) electrons. The minimum Gasteiger partial charge on any atom is -0.508 e. The first-order chi connectivity index (χ1) is 10.0. The number of carbonyl (C=O) groups is 1. The Labute approximate surface area is 124 Å². The lowest BCUT2D eigenvalue weighted by Crippen LogP contribution is -2.40. The first-order valence-electron chi connectivity index (χ1n) is 7.73. The third-order valence-corrected chi connectivity index (χ3v) is 5.97. The molecule has 1 aromatic carbocycles. The van der Waals surface area contributed by atoms with Crippen LogP contribution in [0.1, 0.15) is 43.2 Å². The highest BCUT2D eigenvalue weighted by molar-refractivity contribution is 5.87. The number of ketones is 1. The molecule has 2 fully saturated rings. The number of phenols is 1. The number of aliphatic hydroxyl groups excluding tert-OH is 1. The van der Waals surface area contributed by atoms with Gasteiger partial charge in [0.25, 0.3) is 0 Å². The molecule has 0 amide bonds. The maximum atomic E-state index is 12.0. The Morgan fingerprint density at radius 1 is 1.33 bits per heavy atom. The molecule has 2 N–H and O–H groups in total. The SMILES string of the molecule is CC12CCC3C(=CCc4cc(O)ccc43)C1CC(=O)C2O. The van der Waals surface area contributed by atoms with Gasteiger partial charge in [0, 0.05) is 17.8 Å². The molecule has 0 heterocycles. The number of hydrogen-bond acceptors (Lipinski definition) is 3. The number of aromatic hydroxyl groups is 1. The quantitative estimate of drug-likeness (QED) is 0.720. The summed E-state index contributed by atoms with van der Waals surface area (Å²) in [6, 6.07) is 5.63. The van der Waals surface area contributed by atoms with Crippen LogP contribution in [-0.2, 0) is 11.2 Å². The third kappa shape index (κ3) is 1.67. The van der Waals surface area contributed by atoms with E-state index in [-0.39, 0.29) is 17.1 Å². The van der Waals surface area contributed by atoms with Crippen molar-refractivity contribution in [1.29, 1.82) is 0 Å². The van der Waals surface area contributed by atoms with Gasteiger partial charge in [0.05, 0.1) is 0 Å². The smallest absolute Gasteiger partial charge is 0.162 e. The van der Waals surface area contributed by atoms with Crippen LogP contribution in [0.2, 0.25) is 0 Å². The minimum atomic E-state index is -0.800. The number of phenolic OH excluding ortho intramolecular Hbond substituents is 1. The minimum absolute atomic E-state index is 0.000512. The average molecular weight is 284 g/mol.